The second kappa shape index (κ2) is 3.24. The smallest absolute Gasteiger partial charge is 0.294 e. The first kappa shape index (κ1) is 8.16. The minimum absolute atomic E-state index is 0.921. The molecule has 0 bridgehead atoms. The van der Waals surface area contributed by atoms with E-state index in [9.17, 15) is 10.1 Å². The Balaban J connectivity index is 3.50. The van der Waals surface area contributed by atoms with Gasteiger partial charge >= 0.3 is 0 Å². The Bertz CT molecular complexity index is 103. The second-order valence-corrected chi connectivity index (χ2v) is 1.61. The maximum absolute atomic E-state index is 9.55. The van der Waals surface area contributed by atoms with Gasteiger partial charge in [-0.2, -0.15) is 0 Å². The Morgan fingerprint density at radius 1 is 1.89 bits per heavy atom. The van der Waals surface area contributed by atoms with Crippen LogP contribution < -0.4 is 0 Å². The van der Waals surface area contributed by atoms with Gasteiger partial charge in [0.2, 0.25) is 0 Å². The molecule has 1 N–H and O–H groups in total. The highest BCUT2D eigenvalue weighted by molar-refractivity contribution is 4.63. The quantitative estimate of drug-likeness (QED) is 0.427. The first-order chi connectivity index (χ1) is 4.04. The van der Waals surface area contributed by atoms with Crippen LogP contribution in [0.15, 0.2) is 0 Å². The van der Waals surface area contributed by atoms with E-state index in [0.29, 0.717) is 0 Å². The van der Waals surface area contributed by atoms with Gasteiger partial charge in [0.15, 0.2) is 0 Å². The lowest BCUT2D eigenvalue weighted by molar-refractivity contribution is -0.767. The van der Waals surface area contributed by atoms with Gasteiger partial charge in [0.1, 0.15) is 6.10 Å². The van der Waals surface area contributed by atoms with Crippen molar-refractivity contribution in [3.8, 4) is 0 Å². The van der Waals surface area contributed by atoms with E-state index in [1.807, 2.05) is 0 Å². The number of aliphatic hydroxyl groups is 1. The summed E-state index contributed by atoms with van der Waals surface area (Å²) < 4.78 is 0. The molecule has 0 aromatic carbocycles. The van der Waals surface area contributed by atoms with Crippen LogP contribution in [0.5, 0.6) is 0 Å². The van der Waals surface area contributed by atoms with E-state index in [2.05, 4.69) is 11.8 Å². The van der Waals surface area contributed by atoms with Crippen molar-refractivity contribution in [2.24, 2.45) is 0 Å². The lowest BCUT2D eigenvalue weighted by Crippen LogP contribution is -2.25. The molecule has 0 rings (SSSR count). The van der Waals surface area contributed by atoms with Gasteiger partial charge in [-0.15, -0.1) is 10.1 Å². The van der Waals surface area contributed by atoms with Crippen LogP contribution in [0.4, 0.5) is 0 Å². The highest BCUT2D eigenvalue weighted by Gasteiger charge is 2.11. The molecule has 2 atom stereocenters. The van der Waals surface area contributed by atoms with Gasteiger partial charge in [-0.3, -0.25) is 0 Å². The Labute approximate surface area is 52.3 Å². The SMILES string of the molecule is [CH2][C@@H](O[N+](=O)[O-])C(C)O. The molecule has 0 saturated carbocycles. The minimum Gasteiger partial charge on any atom is -0.391 e. The molecular weight excluding hydrogens is 126 g/mol. The van der Waals surface area contributed by atoms with Gasteiger partial charge in [0, 0.05) is 0 Å². The van der Waals surface area contributed by atoms with Crippen LogP contribution in [-0.2, 0) is 4.84 Å². The third-order valence-corrected chi connectivity index (χ3v) is 0.760. The fourth-order valence-corrected chi connectivity index (χ4v) is 0.199. The molecule has 0 amide bonds. The molecular formula is C4H8NO4. The van der Waals surface area contributed by atoms with Crippen molar-refractivity contribution in [3.05, 3.63) is 17.0 Å². The van der Waals surface area contributed by atoms with Gasteiger partial charge in [-0.05, 0) is 13.8 Å². The largest absolute Gasteiger partial charge is 0.391 e. The summed E-state index contributed by atoms with van der Waals surface area (Å²) in [4.78, 5) is 13.4. The first-order valence-electron chi connectivity index (χ1n) is 2.36. The van der Waals surface area contributed by atoms with E-state index in [1.54, 1.807) is 0 Å². The zero-order chi connectivity index (χ0) is 7.44. The molecule has 0 fully saturated rings. The number of hydrogen-bond donors (Lipinski definition) is 1. The summed E-state index contributed by atoms with van der Waals surface area (Å²) in [7, 11) is 0. The predicted molar refractivity (Wildman–Crippen MR) is 28.9 cm³/mol. The van der Waals surface area contributed by atoms with Crippen LogP contribution in [0.1, 0.15) is 6.92 Å². The highest BCUT2D eigenvalue weighted by atomic mass is 17.0. The third-order valence-electron chi connectivity index (χ3n) is 0.760. The molecule has 0 aromatic heterocycles. The van der Waals surface area contributed by atoms with Crippen molar-refractivity contribution < 1.29 is 15.0 Å². The first-order valence-corrected chi connectivity index (χ1v) is 2.36. The Kier molecular flexibility index (Phi) is 2.94. The second-order valence-electron chi connectivity index (χ2n) is 1.61. The lowest BCUT2D eigenvalue weighted by Gasteiger charge is -2.10. The maximum Gasteiger partial charge on any atom is 0.294 e. The summed E-state index contributed by atoms with van der Waals surface area (Å²) in [5.41, 5.74) is 0. The van der Waals surface area contributed by atoms with Crippen LogP contribution >= 0.6 is 0 Å². The van der Waals surface area contributed by atoms with Crippen LogP contribution in [-0.4, -0.2) is 22.4 Å². The molecule has 0 aliphatic heterocycles. The molecule has 9 heavy (non-hydrogen) atoms. The number of hydrogen-bond acceptors (Lipinski definition) is 4. The molecule has 1 unspecified atom stereocenters. The van der Waals surface area contributed by atoms with E-state index in [0.717, 1.165) is 0 Å². The molecule has 0 heterocycles. The van der Waals surface area contributed by atoms with E-state index in [-0.39, 0.29) is 0 Å². The molecule has 0 aliphatic carbocycles. The van der Waals surface area contributed by atoms with Crippen molar-refractivity contribution in [3.63, 3.8) is 0 Å². The molecule has 5 nitrogen and oxygen atoms in total. The molecule has 0 saturated heterocycles. The highest BCUT2D eigenvalue weighted by Crippen LogP contribution is 1.95. The summed E-state index contributed by atoms with van der Waals surface area (Å²) in [6, 6.07) is 0. The number of nitrogens with zero attached hydrogens (tertiary/aromatic N) is 1. The summed E-state index contributed by atoms with van der Waals surface area (Å²) in [5, 5.41) is 17.1. The summed E-state index contributed by atoms with van der Waals surface area (Å²) >= 11 is 0. The lowest BCUT2D eigenvalue weighted by atomic mass is 10.3. The van der Waals surface area contributed by atoms with Crippen LogP contribution in [0.25, 0.3) is 0 Å². The molecule has 1 radical (unpaired) electrons. The van der Waals surface area contributed by atoms with Crippen molar-refractivity contribution in [1.82, 2.24) is 0 Å². The Hall–Kier alpha value is -0.840. The fourth-order valence-electron chi connectivity index (χ4n) is 0.199. The van der Waals surface area contributed by atoms with E-state index in [4.69, 9.17) is 5.11 Å². The fraction of sp³-hybridized carbons (Fsp3) is 0.750. The average Bonchev–Trinajstić information content (AvgIpc) is 1.63. The van der Waals surface area contributed by atoms with E-state index in [1.165, 1.54) is 6.92 Å². The van der Waals surface area contributed by atoms with Crippen molar-refractivity contribution in [2.75, 3.05) is 0 Å². The third kappa shape index (κ3) is 3.72. The van der Waals surface area contributed by atoms with Crippen LogP contribution in [0.2, 0.25) is 0 Å². The van der Waals surface area contributed by atoms with E-state index < -0.39 is 17.3 Å². The molecule has 53 valence electrons. The standard InChI is InChI=1S/C4H8NO4/c1-3(6)4(2)9-5(7)8/h3-4,6H,2H2,1H3/t3?,4-/m1/s1. The van der Waals surface area contributed by atoms with Crippen LogP contribution in [0, 0.1) is 17.0 Å². The number of aliphatic hydroxyl groups excluding tert-OH is 1. The summed E-state index contributed by atoms with van der Waals surface area (Å²) in [6.07, 6.45) is -1.92. The topological polar surface area (TPSA) is 72.6 Å². The zero-order valence-corrected chi connectivity index (χ0v) is 4.98. The normalized spacial score (nSPS) is 16.3. The van der Waals surface area contributed by atoms with Crippen molar-refractivity contribution in [1.29, 1.82) is 0 Å². The molecule has 0 aliphatic rings. The van der Waals surface area contributed by atoms with Gasteiger partial charge in [0.25, 0.3) is 5.09 Å². The molecule has 0 spiro atoms. The van der Waals surface area contributed by atoms with Gasteiger partial charge < -0.3 is 9.94 Å². The average molecular weight is 134 g/mol. The minimum atomic E-state index is -1.00. The van der Waals surface area contributed by atoms with E-state index >= 15 is 0 Å². The predicted octanol–water partition coefficient (Wildman–Crippen LogP) is -0.222. The Morgan fingerprint density at radius 2 is 2.33 bits per heavy atom. The Morgan fingerprint density at radius 3 is 2.44 bits per heavy atom. The summed E-state index contributed by atoms with van der Waals surface area (Å²) in [5.74, 6) is 0. The van der Waals surface area contributed by atoms with Gasteiger partial charge in [0.05, 0.1) is 6.10 Å². The van der Waals surface area contributed by atoms with Gasteiger partial charge in [-0.25, -0.2) is 0 Å². The number of rotatable bonds is 3. The summed E-state index contributed by atoms with van der Waals surface area (Å²) in [6.45, 7) is 4.53. The molecule has 5 heteroatoms. The zero-order valence-electron chi connectivity index (χ0n) is 4.98. The van der Waals surface area contributed by atoms with Crippen molar-refractivity contribution in [2.45, 2.75) is 19.1 Å². The van der Waals surface area contributed by atoms with Crippen LogP contribution in [0.3, 0.4) is 0 Å². The van der Waals surface area contributed by atoms with Crippen molar-refractivity contribution >= 4 is 0 Å². The monoisotopic (exact) mass is 134 g/mol. The maximum atomic E-state index is 9.55. The van der Waals surface area contributed by atoms with Gasteiger partial charge in [-0.1, -0.05) is 0 Å². The molecule has 0 aromatic rings.